The fourth-order valence-corrected chi connectivity index (χ4v) is 3.51. The van der Waals surface area contributed by atoms with E-state index in [0.29, 0.717) is 12.1 Å². The molecule has 5 heteroatoms. The van der Waals surface area contributed by atoms with Gasteiger partial charge in [-0.1, -0.05) is 36.4 Å². The molecule has 0 aliphatic heterocycles. The van der Waals surface area contributed by atoms with E-state index < -0.39 is 0 Å². The topological polar surface area (TPSA) is 78.5 Å². The van der Waals surface area contributed by atoms with E-state index in [9.17, 15) is 9.50 Å². The molecule has 2 aliphatic carbocycles. The summed E-state index contributed by atoms with van der Waals surface area (Å²) in [6.07, 6.45) is 7.71. The van der Waals surface area contributed by atoms with Crippen LogP contribution in [0.3, 0.4) is 0 Å². The van der Waals surface area contributed by atoms with Crippen LogP contribution in [0.2, 0.25) is 0 Å². The summed E-state index contributed by atoms with van der Waals surface area (Å²) in [4.78, 5) is 0. The highest BCUT2D eigenvalue weighted by Gasteiger charge is 2.18. The lowest BCUT2D eigenvalue weighted by Crippen LogP contribution is -2.28. The standard InChI is InChI=1S/C12H17NO.C6H5F.C6H13NO/c14-12-8-6-11(7-9-12)13-10-4-2-1-3-5-10;7-6-4-2-1-3-5-6;7-5-1-3-6(8)4-2-5/h1-5,11-14H,6-9H2;1-5H;5-6,8H,1-4,7H2. The molecule has 2 fully saturated rings. The molecule has 2 aromatic rings. The highest BCUT2D eigenvalue weighted by atomic mass is 19.1. The Bertz CT molecular complexity index is 630. The lowest BCUT2D eigenvalue weighted by molar-refractivity contribution is 0.123. The van der Waals surface area contributed by atoms with Crippen molar-refractivity contribution in [1.82, 2.24) is 0 Å². The van der Waals surface area contributed by atoms with Crippen LogP contribution in [0.5, 0.6) is 0 Å². The minimum absolute atomic E-state index is 0.0604. The zero-order valence-corrected chi connectivity index (χ0v) is 17.1. The number of para-hydroxylation sites is 1. The maximum absolute atomic E-state index is 11.9. The van der Waals surface area contributed by atoms with E-state index in [1.54, 1.807) is 18.2 Å². The molecule has 0 heterocycles. The third-order valence-electron chi connectivity index (χ3n) is 5.32. The summed E-state index contributed by atoms with van der Waals surface area (Å²) >= 11 is 0. The van der Waals surface area contributed by atoms with Crippen molar-refractivity contribution in [2.45, 2.75) is 75.7 Å². The third-order valence-corrected chi connectivity index (χ3v) is 5.32. The van der Waals surface area contributed by atoms with Crippen molar-refractivity contribution >= 4 is 5.69 Å². The van der Waals surface area contributed by atoms with Gasteiger partial charge in [0, 0.05) is 17.8 Å². The molecular formula is C24H35FN2O2. The Kier molecular flexibility index (Phi) is 10.7. The van der Waals surface area contributed by atoms with Gasteiger partial charge in [-0.3, -0.25) is 0 Å². The van der Waals surface area contributed by atoms with Crippen molar-refractivity contribution in [3.8, 4) is 0 Å². The van der Waals surface area contributed by atoms with Gasteiger partial charge in [0.1, 0.15) is 5.82 Å². The minimum atomic E-state index is -0.178. The highest BCUT2D eigenvalue weighted by molar-refractivity contribution is 5.43. The molecule has 4 nitrogen and oxygen atoms in total. The molecule has 0 unspecified atom stereocenters. The second kappa shape index (κ2) is 13.3. The monoisotopic (exact) mass is 402 g/mol. The lowest BCUT2D eigenvalue weighted by atomic mass is 9.93. The second-order valence-electron chi connectivity index (χ2n) is 7.88. The van der Waals surface area contributed by atoms with Crippen LogP contribution in [-0.4, -0.2) is 34.5 Å². The molecule has 160 valence electrons. The van der Waals surface area contributed by atoms with Crippen molar-refractivity contribution < 1.29 is 14.6 Å². The summed E-state index contributed by atoms with van der Waals surface area (Å²) in [5, 5.41) is 21.8. The SMILES string of the molecule is Fc1ccccc1.NC1CCC(O)CC1.OC1CCC(Nc2ccccc2)CC1. The van der Waals surface area contributed by atoms with Crippen molar-refractivity contribution in [3.63, 3.8) is 0 Å². The molecule has 0 amide bonds. The maximum Gasteiger partial charge on any atom is 0.123 e. The predicted molar refractivity (Wildman–Crippen MR) is 117 cm³/mol. The van der Waals surface area contributed by atoms with E-state index >= 15 is 0 Å². The first-order chi connectivity index (χ1) is 14.0. The van der Waals surface area contributed by atoms with Gasteiger partial charge in [0.25, 0.3) is 0 Å². The second-order valence-corrected chi connectivity index (χ2v) is 7.88. The van der Waals surface area contributed by atoms with Gasteiger partial charge in [-0.2, -0.15) is 0 Å². The smallest absolute Gasteiger partial charge is 0.123 e. The third kappa shape index (κ3) is 10.4. The van der Waals surface area contributed by atoms with Crippen molar-refractivity contribution in [1.29, 1.82) is 0 Å². The van der Waals surface area contributed by atoms with E-state index in [1.165, 1.54) is 17.8 Å². The van der Waals surface area contributed by atoms with Crippen molar-refractivity contribution in [3.05, 3.63) is 66.5 Å². The summed E-state index contributed by atoms with van der Waals surface area (Å²) < 4.78 is 11.9. The summed E-state index contributed by atoms with van der Waals surface area (Å²) in [5.41, 5.74) is 6.77. The Morgan fingerprint density at radius 2 is 1.14 bits per heavy atom. The fraction of sp³-hybridized carbons (Fsp3) is 0.500. The van der Waals surface area contributed by atoms with Gasteiger partial charge >= 0.3 is 0 Å². The summed E-state index contributed by atoms with van der Waals surface area (Å²) in [5.74, 6) is -0.178. The van der Waals surface area contributed by atoms with Crippen LogP contribution < -0.4 is 11.1 Å². The van der Waals surface area contributed by atoms with Crippen LogP contribution in [0.1, 0.15) is 51.4 Å². The number of aliphatic hydroxyl groups excluding tert-OH is 2. The number of hydrogen-bond donors (Lipinski definition) is 4. The summed E-state index contributed by atoms with van der Waals surface area (Å²) in [7, 11) is 0. The number of nitrogens with one attached hydrogen (secondary N) is 1. The van der Waals surface area contributed by atoms with Crippen LogP contribution in [0.25, 0.3) is 0 Å². The Balaban J connectivity index is 0.000000170. The molecule has 0 atom stereocenters. The molecule has 0 aromatic heterocycles. The molecule has 29 heavy (non-hydrogen) atoms. The molecule has 2 saturated carbocycles. The Labute approximate surface area is 174 Å². The first-order valence-corrected chi connectivity index (χ1v) is 10.7. The number of hydrogen-bond acceptors (Lipinski definition) is 4. The number of halogens is 1. The zero-order valence-electron chi connectivity index (χ0n) is 17.1. The van der Waals surface area contributed by atoms with E-state index in [1.807, 2.05) is 18.2 Å². The number of anilines is 1. The molecule has 0 radical (unpaired) electrons. The maximum atomic E-state index is 11.9. The highest BCUT2D eigenvalue weighted by Crippen LogP contribution is 2.21. The van der Waals surface area contributed by atoms with Crippen LogP contribution in [0, 0.1) is 5.82 Å². The van der Waals surface area contributed by atoms with E-state index in [0.717, 1.165) is 51.4 Å². The van der Waals surface area contributed by atoms with Gasteiger partial charge < -0.3 is 21.3 Å². The zero-order chi connectivity index (χ0) is 20.9. The van der Waals surface area contributed by atoms with Crippen LogP contribution >= 0.6 is 0 Å². The van der Waals surface area contributed by atoms with E-state index in [2.05, 4.69) is 17.4 Å². The minimum Gasteiger partial charge on any atom is -0.393 e. The summed E-state index contributed by atoms with van der Waals surface area (Å²) in [6.45, 7) is 0. The molecule has 0 spiro atoms. The van der Waals surface area contributed by atoms with Crippen molar-refractivity contribution in [2.75, 3.05) is 5.32 Å². The molecule has 0 saturated heterocycles. The van der Waals surface area contributed by atoms with E-state index in [-0.39, 0.29) is 18.0 Å². The van der Waals surface area contributed by atoms with Gasteiger partial charge in [-0.25, -0.2) is 4.39 Å². The van der Waals surface area contributed by atoms with Gasteiger partial charge in [-0.05, 0) is 75.6 Å². The normalized spacial score (nSPS) is 26.2. The van der Waals surface area contributed by atoms with Gasteiger partial charge in [0.2, 0.25) is 0 Å². The molecule has 5 N–H and O–H groups in total. The van der Waals surface area contributed by atoms with E-state index in [4.69, 9.17) is 10.8 Å². The summed E-state index contributed by atoms with van der Waals surface area (Å²) in [6, 6.07) is 19.1. The van der Waals surface area contributed by atoms with Gasteiger partial charge in [0.15, 0.2) is 0 Å². The largest absolute Gasteiger partial charge is 0.393 e. The molecule has 2 aliphatic rings. The molecule has 2 aromatic carbocycles. The van der Waals surface area contributed by atoms with Crippen LogP contribution in [0.15, 0.2) is 60.7 Å². The van der Waals surface area contributed by atoms with Crippen LogP contribution in [0.4, 0.5) is 10.1 Å². The van der Waals surface area contributed by atoms with Crippen LogP contribution in [-0.2, 0) is 0 Å². The molecular weight excluding hydrogens is 367 g/mol. The first-order valence-electron chi connectivity index (χ1n) is 10.7. The number of rotatable bonds is 2. The van der Waals surface area contributed by atoms with Crippen molar-refractivity contribution in [2.24, 2.45) is 5.73 Å². The Hall–Kier alpha value is -1.95. The first kappa shape index (κ1) is 23.3. The lowest BCUT2D eigenvalue weighted by Gasteiger charge is -2.26. The Morgan fingerprint density at radius 1 is 0.690 bits per heavy atom. The average Bonchev–Trinajstić information content (AvgIpc) is 2.74. The molecule has 4 rings (SSSR count). The quantitative estimate of drug-likeness (QED) is 0.597. The predicted octanol–water partition coefficient (Wildman–Crippen LogP) is 4.48. The van der Waals surface area contributed by atoms with Gasteiger partial charge in [0.05, 0.1) is 12.2 Å². The average molecular weight is 403 g/mol. The number of nitrogens with two attached hydrogens (primary N) is 1. The molecule has 0 bridgehead atoms. The van der Waals surface area contributed by atoms with Gasteiger partial charge in [-0.15, -0.1) is 0 Å². The fourth-order valence-electron chi connectivity index (χ4n) is 3.51. The number of benzene rings is 2. The Morgan fingerprint density at radius 3 is 1.55 bits per heavy atom. The number of aliphatic hydroxyl groups is 2.